The molecule has 0 radical (unpaired) electrons. The molecule has 0 saturated heterocycles. The highest BCUT2D eigenvalue weighted by Crippen LogP contribution is 2.33. The van der Waals surface area contributed by atoms with Crippen LogP contribution in [-0.4, -0.2) is 48.4 Å². The average Bonchev–Trinajstić information content (AvgIpc) is 2.53. The number of ether oxygens (including phenoxy) is 1. The van der Waals surface area contributed by atoms with Gasteiger partial charge < -0.3 is 9.84 Å². The second-order valence-electron chi connectivity index (χ2n) is 5.55. The highest BCUT2D eigenvalue weighted by Gasteiger charge is 2.55. The Kier molecular flexibility index (Phi) is 3.62. The Morgan fingerprint density at radius 3 is 2.35 bits per heavy atom. The van der Waals surface area contributed by atoms with E-state index in [9.17, 15) is 5.11 Å². The van der Waals surface area contributed by atoms with Crippen molar-refractivity contribution < 1.29 is 14.4 Å². The minimum absolute atomic E-state index is 0.130. The van der Waals surface area contributed by atoms with Crippen molar-refractivity contribution in [3.05, 3.63) is 24.3 Å². The zero-order chi connectivity index (χ0) is 15.0. The van der Waals surface area contributed by atoms with Gasteiger partial charge in [-0.05, 0) is 31.2 Å². The molecule has 108 valence electrons. The first-order valence-corrected chi connectivity index (χ1v) is 6.46. The first kappa shape index (κ1) is 14.6. The fourth-order valence-electron chi connectivity index (χ4n) is 2.21. The topological polar surface area (TPSA) is 66.5 Å². The van der Waals surface area contributed by atoms with Gasteiger partial charge in [-0.3, -0.25) is 0 Å². The molecule has 0 spiro atoms. The number of likely N-dealkylation sites (N-methyl/N-ethyl adjacent to an activating group) is 1. The van der Waals surface area contributed by atoms with Crippen LogP contribution in [0.25, 0.3) is 0 Å². The summed E-state index contributed by atoms with van der Waals surface area (Å²) in [7, 11) is 5.30. The molecule has 1 aromatic carbocycles. The lowest BCUT2D eigenvalue weighted by Crippen LogP contribution is -2.56. The van der Waals surface area contributed by atoms with Gasteiger partial charge in [0.25, 0.3) is 5.72 Å². The van der Waals surface area contributed by atoms with Crippen molar-refractivity contribution in [2.24, 2.45) is 15.3 Å². The summed E-state index contributed by atoms with van der Waals surface area (Å²) in [6.45, 7) is 3.59. The molecule has 0 amide bonds. The van der Waals surface area contributed by atoms with Crippen molar-refractivity contribution in [2.75, 3.05) is 21.2 Å². The molecule has 0 aromatic heterocycles. The largest absolute Gasteiger partial charge is 0.497 e. The van der Waals surface area contributed by atoms with Crippen LogP contribution >= 0.6 is 0 Å². The molecular formula is C14H21N4O2+. The Morgan fingerprint density at radius 1 is 1.30 bits per heavy atom. The predicted molar refractivity (Wildman–Crippen MR) is 77.1 cm³/mol. The van der Waals surface area contributed by atoms with Crippen LogP contribution in [0.3, 0.4) is 0 Å². The molecule has 20 heavy (non-hydrogen) atoms. The third kappa shape index (κ3) is 2.44. The molecule has 2 rings (SSSR count). The van der Waals surface area contributed by atoms with Gasteiger partial charge in [-0.15, -0.1) is 0 Å². The van der Waals surface area contributed by atoms with Crippen molar-refractivity contribution in [3.63, 3.8) is 0 Å². The van der Waals surface area contributed by atoms with E-state index >= 15 is 0 Å². The minimum Gasteiger partial charge on any atom is -0.497 e. The summed E-state index contributed by atoms with van der Waals surface area (Å²) >= 11 is 0. The number of azo groups is 1. The van der Waals surface area contributed by atoms with Crippen LogP contribution in [0.1, 0.15) is 13.8 Å². The number of quaternary nitrogens is 1. The molecule has 0 bridgehead atoms. The zero-order valence-electron chi connectivity index (χ0n) is 12.5. The summed E-state index contributed by atoms with van der Waals surface area (Å²) in [6, 6.07) is 6.83. The molecule has 1 aliphatic heterocycles. The van der Waals surface area contributed by atoms with E-state index in [4.69, 9.17) is 4.74 Å². The van der Waals surface area contributed by atoms with E-state index in [1.54, 1.807) is 14.0 Å². The number of aliphatic hydroxyl groups is 1. The van der Waals surface area contributed by atoms with Crippen LogP contribution in [-0.2, 0) is 0 Å². The normalized spacial score (nSPS) is 28.7. The molecule has 1 N–H and O–H groups in total. The Bertz CT molecular complexity index is 547. The smallest absolute Gasteiger partial charge is 0.252 e. The van der Waals surface area contributed by atoms with Gasteiger partial charge in [-0.1, -0.05) is 5.10 Å². The standard InChI is InChI=1S/C14H21N4O2/c1-10-13(14(2,19)18(3,4)17-10)16-15-11-6-8-12(20-5)9-7-11/h6-9,13,19H,1-5H3/q+1. The Labute approximate surface area is 119 Å². The van der Waals surface area contributed by atoms with Gasteiger partial charge in [0, 0.05) is 6.92 Å². The number of hydrogen-bond donors (Lipinski definition) is 1. The lowest BCUT2D eigenvalue weighted by atomic mass is 10.0. The molecule has 6 nitrogen and oxygen atoms in total. The second kappa shape index (κ2) is 4.96. The third-order valence-electron chi connectivity index (χ3n) is 3.79. The molecule has 1 aliphatic rings. The highest BCUT2D eigenvalue weighted by atomic mass is 16.5. The van der Waals surface area contributed by atoms with E-state index in [2.05, 4.69) is 15.3 Å². The zero-order valence-corrected chi connectivity index (χ0v) is 12.5. The number of nitrogens with zero attached hydrogens (tertiary/aromatic N) is 4. The van der Waals surface area contributed by atoms with Crippen LogP contribution in [0.15, 0.2) is 39.6 Å². The van der Waals surface area contributed by atoms with E-state index in [-0.39, 0.29) is 4.59 Å². The van der Waals surface area contributed by atoms with Crippen LogP contribution < -0.4 is 4.74 Å². The quantitative estimate of drug-likeness (QED) is 0.680. The van der Waals surface area contributed by atoms with Crippen molar-refractivity contribution >= 4 is 11.4 Å². The monoisotopic (exact) mass is 277 g/mol. The number of methoxy groups -OCH3 is 1. The highest BCUT2D eigenvalue weighted by molar-refractivity contribution is 5.88. The summed E-state index contributed by atoms with van der Waals surface area (Å²) in [5.41, 5.74) is 0.393. The van der Waals surface area contributed by atoms with Crippen LogP contribution in [0.5, 0.6) is 5.75 Å². The summed E-state index contributed by atoms with van der Waals surface area (Å²) in [6.07, 6.45) is 0. The van der Waals surface area contributed by atoms with Gasteiger partial charge in [-0.2, -0.15) is 14.8 Å². The molecule has 1 heterocycles. The average molecular weight is 277 g/mol. The molecule has 2 atom stereocenters. The van der Waals surface area contributed by atoms with Gasteiger partial charge in [-0.25, -0.2) is 0 Å². The van der Waals surface area contributed by atoms with Crippen LogP contribution in [0.4, 0.5) is 5.69 Å². The van der Waals surface area contributed by atoms with Gasteiger partial charge >= 0.3 is 0 Å². The molecule has 2 unspecified atom stereocenters. The van der Waals surface area contributed by atoms with Gasteiger partial charge in [0.05, 0.1) is 26.9 Å². The first-order valence-electron chi connectivity index (χ1n) is 6.46. The summed E-state index contributed by atoms with van der Waals surface area (Å²) in [5.74, 6) is 0.771. The molecule has 0 fully saturated rings. The van der Waals surface area contributed by atoms with E-state index in [0.717, 1.165) is 11.5 Å². The Morgan fingerprint density at radius 2 is 1.90 bits per heavy atom. The van der Waals surface area contributed by atoms with Crippen LogP contribution in [0, 0.1) is 0 Å². The number of rotatable bonds is 3. The lowest BCUT2D eigenvalue weighted by molar-refractivity contribution is -0.964. The van der Waals surface area contributed by atoms with Crippen molar-refractivity contribution in [1.29, 1.82) is 0 Å². The van der Waals surface area contributed by atoms with E-state index < -0.39 is 11.8 Å². The Hall–Kier alpha value is -1.79. The van der Waals surface area contributed by atoms with Gasteiger partial charge in [0.1, 0.15) is 11.5 Å². The molecule has 0 saturated carbocycles. The second-order valence-corrected chi connectivity index (χ2v) is 5.55. The van der Waals surface area contributed by atoms with Gasteiger partial charge in [0.2, 0.25) is 0 Å². The van der Waals surface area contributed by atoms with Crippen molar-refractivity contribution in [2.45, 2.75) is 25.6 Å². The molecular weight excluding hydrogens is 256 g/mol. The van der Waals surface area contributed by atoms with E-state index in [1.807, 2.05) is 45.3 Å². The maximum atomic E-state index is 10.6. The van der Waals surface area contributed by atoms with Crippen molar-refractivity contribution in [1.82, 2.24) is 0 Å². The molecule has 0 aliphatic carbocycles. The SMILES string of the molecule is COc1ccc(N=NC2C(C)=N[N+](C)(C)C2(C)O)cc1. The summed E-state index contributed by atoms with van der Waals surface area (Å²) in [5, 5.41) is 23.5. The van der Waals surface area contributed by atoms with E-state index in [1.165, 1.54) is 0 Å². The fourth-order valence-corrected chi connectivity index (χ4v) is 2.21. The molecule has 1 aromatic rings. The maximum absolute atomic E-state index is 10.6. The minimum atomic E-state index is -1.10. The first-order chi connectivity index (χ1) is 9.28. The Balaban J connectivity index is 2.21. The molecule has 6 heteroatoms. The summed E-state index contributed by atoms with van der Waals surface area (Å²) < 4.78 is 5.22. The number of hydrogen-bond acceptors (Lipinski definition) is 5. The fraction of sp³-hybridized carbons (Fsp3) is 0.500. The van der Waals surface area contributed by atoms with E-state index in [0.29, 0.717) is 5.69 Å². The maximum Gasteiger partial charge on any atom is 0.252 e. The van der Waals surface area contributed by atoms with Crippen molar-refractivity contribution in [3.8, 4) is 5.75 Å². The third-order valence-corrected chi connectivity index (χ3v) is 3.79. The lowest BCUT2D eigenvalue weighted by Gasteiger charge is -2.33. The number of benzene rings is 1. The van der Waals surface area contributed by atoms with Gasteiger partial charge in [0.15, 0.2) is 6.04 Å². The predicted octanol–water partition coefficient (Wildman–Crippen LogP) is 2.32. The van der Waals surface area contributed by atoms with Crippen LogP contribution in [0.2, 0.25) is 0 Å². The summed E-state index contributed by atoms with van der Waals surface area (Å²) in [4.78, 5) is 0.